The number of aryl methyl sites for hydroxylation is 1. The molecule has 0 bridgehead atoms. The fourth-order valence-corrected chi connectivity index (χ4v) is 2.25. The molecule has 0 saturated heterocycles. The minimum atomic E-state index is -1.24. The number of aliphatic carboxylic acids is 1. The van der Waals surface area contributed by atoms with Gasteiger partial charge in [-0.2, -0.15) is 0 Å². The summed E-state index contributed by atoms with van der Waals surface area (Å²) in [6, 6.07) is 9.72. The fourth-order valence-electron chi connectivity index (χ4n) is 2.12. The first-order chi connectivity index (χ1) is 9.88. The molecule has 0 heterocycles. The second-order valence-corrected chi connectivity index (χ2v) is 5.21. The van der Waals surface area contributed by atoms with Gasteiger partial charge in [0.1, 0.15) is 0 Å². The maximum absolute atomic E-state index is 12.5. The van der Waals surface area contributed by atoms with E-state index in [1.165, 1.54) is 0 Å². The summed E-state index contributed by atoms with van der Waals surface area (Å²) in [5.74, 6) is -1.51. The summed E-state index contributed by atoms with van der Waals surface area (Å²) >= 11 is 5.79. The Hall–Kier alpha value is -1.33. The van der Waals surface area contributed by atoms with Crippen LogP contribution in [0.15, 0.2) is 36.4 Å². The van der Waals surface area contributed by atoms with Crippen LogP contribution in [0.2, 0.25) is 5.02 Å². The molecule has 4 nitrogen and oxygen atoms in total. The number of anilines is 1. The number of hydrogen-bond donors (Lipinski definition) is 1. The van der Waals surface area contributed by atoms with Gasteiger partial charge in [-0.3, -0.25) is 4.79 Å². The molecule has 0 atom stereocenters. The van der Waals surface area contributed by atoms with Crippen molar-refractivity contribution < 1.29 is 44.3 Å². The molecule has 108 valence electrons. The van der Waals surface area contributed by atoms with E-state index in [1.54, 1.807) is 43.3 Å². The number of carboxylic acids is 1. The summed E-state index contributed by atoms with van der Waals surface area (Å²) in [6.07, 6.45) is -0.325. The Morgan fingerprint density at radius 1 is 1.18 bits per heavy atom. The first-order valence-electron chi connectivity index (χ1n) is 6.27. The van der Waals surface area contributed by atoms with E-state index in [1.807, 2.05) is 0 Å². The number of rotatable bonds is 4. The third-order valence-corrected chi connectivity index (χ3v) is 3.35. The zero-order chi connectivity index (χ0) is 15.6. The number of hydrogen-bond acceptors (Lipinski definition) is 4. The van der Waals surface area contributed by atoms with Crippen molar-refractivity contribution >= 4 is 29.0 Å². The average Bonchev–Trinajstić information content (AvgIpc) is 2.42. The largest absolute Gasteiger partial charge is 1.00 e. The molecule has 22 heavy (non-hydrogen) atoms. The topological polar surface area (TPSA) is 83.2 Å². The smallest absolute Gasteiger partial charge is 0.550 e. The van der Waals surface area contributed by atoms with E-state index in [9.17, 15) is 14.7 Å². The van der Waals surface area contributed by atoms with Crippen LogP contribution in [0.4, 0.5) is 5.69 Å². The molecular formula is C16H13ClNNaO3. The van der Waals surface area contributed by atoms with Gasteiger partial charge in [-0.05, 0) is 48.4 Å². The van der Waals surface area contributed by atoms with Gasteiger partial charge in [-0.15, -0.1) is 0 Å². The quantitative estimate of drug-likeness (QED) is 0.433. The predicted molar refractivity (Wildman–Crippen MR) is 79.2 cm³/mol. The predicted octanol–water partition coefficient (Wildman–Crippen LogP) is -1.24. The zero-order valence-electron chi connectivity index (χ0n) is 12.4. The van der Waals surface area contributed by atoms with E-state index >= 15 is 0 Å². The van der Waals surface area contributed by atoms with E-state index < -0.39 is 5.97 Å². The summed E-state index contributed by atoms with van der Waals surface area (Å²) in [7, 11) is 0. The monoisotopic (exact) mass is 325 g/mol. The molecule has 0 spiro atoms. The van der Waals surface area contributed by atoms with E-state index in [0.717, 1.165) is 5.56 Å². The van der Waals surface area contributed by atoms with Gasteiger partial charge in [0.25, 0.3) is 0 Å². The molecular weight excluding hydrogens is 313 g/mol. The standard InChI is InChI=1S/C16H14ClNO3.Na/c1-9-6-11(8-14(19)20)15(18)13(7-9)16(21)10-2-4-12(17)5-3-10;/h2-7H,8,18H2,1H3,(H,19,20);/q;+1/p-1. The minimum absolute atomic E-state index is 0. The summed E-state index contributed by atoms with van der Waals surface area (Å²) in [5, 5.41) is 11.3. The van der Waals surface area contributed by atoms with E-state index in [0.29, 0.717) is 16.1 Å². The number of carbonyl (C=O) groups is 2. The van der Waals surface area contributed by atoms with Gasteiger partial charge < -0.3 is 15.6 Å². The number of nitrogens with two attached hydrogens (primary N) is 1. The van der Waals surface area contributed by atoms with Gasteiger partial charge in [0.05, 0.1) is 0 Å². The summed E-state index contributed by atoms with van der Waals surface area (Å²) in [4.78, 5) is 23.2. The van der Waals surface area contributed by atoms with E-state index in [4.69, 9.17) is 17.3 Å². The molecule has 6 heteroatoms. The fraction of sp³-hybridized carbons (Fsp3) is 0.125. The van der Waals surface area contributed by atoms with Crippen molar-refractivity contribution in [2.75, 3.05) is 5.73 Å². The van der Waals surface area contributed by atoms with Crippen molar-refractivity contribution in [3.05, 3.63) is 63.7 Å². The SMILES string of the molecule is Cc1cc(CC(=O)[O-])c(N)c(C(=O)c2ccc(Cl)cc2)c1.[Na+]. The Morgan fingerprint density at radius 2 is 1.77 bits per heavy atom. The molecule has 0 fully saturated rings. The van der Waals surface area contributed by atoms with Crippen LogP contribution in [0.5, 0.6) is 0 Å². The average molecular weight is 326 g/mol. The third kappa shape index (κ3) is 4.34. The molecule has 0 aliphatic rings. The molecule has 0 radical (unpaired) electrons. The van der Waals surface area contributed by atoms with Crippen LogP contribution in [0.3, 0.4) is 0 Å². The van der Waals surface area contributed by atoms with Crippen LogP contribution < -0.4 is 40.4 Å². The van der Waals surface area contributed by atoms with Crippen molar-refractivity contribution in [2.24, 2.45) is 0 Å². The first kappa shape index (κ1) is 18.7. The Balaban J connectivity index is 0.00000242. The maximum Gasteiger partial charge on any atom is 1.00 e. The minimum Gasteiger partial charge on any atom is -0.550 e. The van der Waals surface area contributed by atoms with Gasteiger partial charge in [0, 0.05) is 34.2 Å². The van der Waals surface area contributed by atoms with Crippen LogP contribution in [-0.4, -0.2) is 11.8 Å². The molecule has 2 aromatic carbocycles. The van der Waals surface area contributed by atoms with Crippen LogP contribution in [0.25, 0.3) is 0 Å². The van der Waals surface area contributed by atoms with Crippen LogP contribution in [-0.2, 0) is 11.2 Å². The second kappa shape index (κ2) is 7.79. The molecule has 2 aromatic rings. The van der Waals surface area contributed by atoms with Crippen LogP contribution in [0.1, 0.15) is 27.0 Å². The number of carboxylic acid groups (broad SMARTS) is 1. The molecule has 0 aliphatic carbocycles. The summed E-state index contributed by atoms with van der Waals surface area (Å²) in [6.45, 7) is 1.77. The van der Waals surface area contributed by atoms with Gasteiger partial charge in [0.15, 0.2) is 5.78 Å². The Kier molecular flexibility index (Phi) is 6.63. The molecule has 0 aliphatic heterocycles. The van der Waals surface area contributed by atoms with E-state index in [-0.39, 0.29) is 53.0 Å². The molecule has 0 unspecified atom stereocenters. The number of carbonyl (C=O) groups excluding carboxylic acids is 2. The second-order valence-electron chi connectivity index (χ2n) is 4.77. The molecule has 2 rings (SSSR count). The number of benzene rings is 2. The third-order valence-electron chi connectivity index (χ3n) is 3.10. The normalized spacial score (nSPS) is 9.91. The van der Waals surface area contributed by atoms with Gasteiger partial charge in [-0.1, -0.05) is 17.7 Å². The van der Waals surface area contributed by atoms with E-state index in [2.05, 4.69) is 0 Å². The maximum atomic E-state index is 12.5. The Morgan fingerprint density at radius 3 is 2.32 bits per heavy atom. The molecule has 2 N–H and O–H groups in total. The molecule has 0 saturated carbocycles. The zero-order valence-corrected chi connectivity index (χ0v) is 15.1. The van der Waals surface area contributed by atoms with Gasteiger partial charge in [0.2, 0.25) is 0 Å². The molecule has 0 aromatic heterocycles. The van der Waals surface area contributed by atoms with Crippen molar-refractivity contribution in [3.8, 4) is 0 Å². The van der Waals surface area contributed by atoms with Crippen LogP contribution in [0, 0.1) is 6.92 Å². The molecule has 0 amide bonds. The summed E-state index contributed by atoms with van der Waals surface area (Å²) < 4.78 is 0. The van der Waals surface area contributed by atoms with Gasteiger partial charge in [-0.25, -0.2) is 0 Å². The number of halogens is 1. The number of ketones is 1. The Bertz CT molecular complexity index is 714. The first-order valence-corrected chi connectivity index (χ1v) is 6.65. The number of nitrogen functional groups attached to an aromatic ring is 1. The summed E-state index contributed by atoms with van der Waals surface area (Å²) in [5.41, 5.74) is 7.97. The Labute approximate surface area is 155 Å². The van der Waals surface area contributed by atoms with Crippen molar-refractivity contribution in [1.82, 2.24) is 0 Å². The van der Waals surface area contributed by atoms with Crippen LogP contribution >= 0.6 is 11.6 Å². The van der Waals surface area contributed by atoms with Crippen molar-refractivity contribution in [2.45, 2.75) is 13.3 Å². The van der Waals surface area contributed by atoms with Gasteiger partial charge >= 0.3 is 29.6 Å². The van der Waals surface area contributed by atoms with Crippen molar-refractivity contribution in [3.63, 3.8) is 0 Å². The van der Waals surface area contributed by atoms with Crippen molar-refractivity contribution in [1.29, 1.82) is 0 Å².